The predicted molar refractivity (Wildman–Crippen MR) is 125 cm³/mol. The van der Waals surface area contributed by atoms with Gasteiger partial charge in [-0.1, -0.05) is 17.7 Å². The van der Waals surface area contributed by atoms with Gasteiger partial charge in [0.2, 0.25) is 0 Å². The van der Waals surface area contributed by atoms with E-state index in [1.165, 1.54) is 12.3 Å². The van der Waals surface area contributed by atoms with Crippen LogP contribution in [-0.2, 0) is 0 Å². The van der Waals surface area contributed by atoms with Crippen LogP contribution in [0, 0.1) is 0 Å². The summed E-state index contributed by atoms with van der Waals surface area (Å²) in [5, 5.41) is 19.5. The third kappa shape index (κ3) is 6.48. The summed E-state index contributed by atoms with van der Waals surface area (Å²) in [6, 6.07) is 17.4. The summed E-state index contributed by atoms with van der Waals surface area (Å²) in [7, 11) is 0. The van der Waals surface area contributed by atoms with Gasteiger partial charge >= 0.3 is 6.03 Å². The first-order valence-corrected chi connectivity index (χ1v) is 10.0. The molecule has 3 rings (SSSR count). The molecule has 0 saturated carbocycles. The number of carbonyl (C=O) groups excluding carboxylic acids is 2. The summed E-state index contributed by atoms with van der Waals surface area (Å²) in [4.78, 5) is 24.3. The molecule has 4 N–H and O–H groups in total. The average Bonchev–Trinajstić information content (AvgIpc) is 2.76. The second-order valence-electron chi connectivity index (χ2n) is 6.53. The zero-order valence-corrected chi connectivity index (χ0v) is 17.9. The first kappa shape index (κ1) is 22.6. The van der Waals surface area contributed by atoms with Gasteiger partial charge in [-0.25, -0.2) is 10.2 Å². The number of carbonyl (C=O) groups is 2. The Labute approximate surface area is 189 Å². The number of anilines is 2. The van der Waals surface area contributed by atoms with Gasteiger partial charge in [0.15, 0.2) is 11.5 Å². The van der Waals surface area contributed by atoms with Crippen LogP contribution in [0.25, 0.3) is 0 Å². The van der Waals surface area contributed by atoms with E-state index in [9.17, 15) is 14.7 Å². The molecule has 0 fully saturated rings. The minimum Gasteiger partial charge on any atom is -0.504 e. The van der Waals surface area contributed by atoms with Gasteiger partial charge < -0.3 is 20.5 Å². The summed E-state index contributed by atoms with van der Waals surface area (Å²) in [6.07, 6.45) is 1.44. The van der Waals surface area contributed by atoms with Crippen LogP contribution in [0.5, 0.6) is 11.5 Å². The van der Waals surface area contributed by atoms with Gasteiger partial charge in [0.25, 0.3) is 5.91 Å². The number of hydrogen-bond donors (Lipinski definition) is 4. The highest BCUT2D eigenvalue weighted by Gasteiger charge is 2.07. The molecule has 0 saturated heterocycles. The highest BCUT2D eigenvalue weighted by molar-refractivity contribution is 6.30. The first-order valence-electron chi connectivity index (χ1n) is 9.67. The second-order valence-corrected chi connectivity index (χ2v) is 6.96. The van der Waals surface area contributed by atoms with E-state index < -0.39 is 11.9 Å². The molecule has 9 heteroatoms. The number of aromatic hydroxyl groups is 1. The molecule has 3 aromatic carbocycles. The Morgan fingerprint density at radius 2 is 1.78 bits per heavy atom. The van der Waals surface area contributed by atoms with Crippen LogP contribution >= 0.6 is 11.6 Å². The Hall–Kier alpha value is -4.04. The van der Waals surface area contributed by atoms with Crippen molar-refractivity contribution in [1.29, 1.82) is 0 Å². The summed E-state index contributed by atoms with van der Waals surface area (Å²) in [6.45, 7) is 2.23. The highest BCUT2D eigenvalue weighted by Crippen LogP contribution is 2.26. The molecule has 32 heavy (non-hydrogen) atoms. The maximum atomic E-state index is 12.3. The van der Waals surface area contributed by atoms with Crippen molar-refractivity contribution in [2.75, 3.05) is 17.2 Å². The summed E-state index contributed by atoms with van der Waals surface area (Å²) in [5.41, 5.74) is 4.51. The topological polar surface area (TPSA) is 112 Å². The number of nitrogens with one attached hydrogen (secondary N) is 3. The molecule has 0 aliphatic rings. The molecule has 3 amide bonds. The summed E-state index contributed by atoms with van der Waals surface area (Å²) < 4.78 is 5.31. The number of ether oxygens (including phenoxy) is 1. The maximum absolute atomic E-state index is 12.3. The Morgan fingerprint density at radius 1 is 1.03 bits per heavy atom. The van der Waals surface area contributed by atoms with Crippen molar-refractivity contribution in [3.05, 3.63) is 82.9 Å². The molecular formula is C23H21ClN4O4. The molecule has 164 valence electrons. The lowest BCUT2D eigenvalue weighted by molar-refractivity contribution is 0.0955. The lowest BCUT2D eigenvalue weighted by Gasteiger charge is -2.08. The largest absolute Gasteiger partial charge is 0.504 e. The van der Waals surface area contributed by atoms with Crippen molar-refractivity contribution < 1.29 is 19.4 Å². The summed E-state index contributed by atoms with van der Waals surface area (Å²) >= 11 is 5.90. The van der Waals surface area contributed by atoms with Gasteiger partial charge in [-0.15, -0.1) is 0 Å². The predicted octanol–water partition coefficient (Wildman–Crippen LogP) is 4.85. The number of rotatable bonds is 7. The van der Waals surface area contributed by atoms with E-state index in [1.807, 2.05) is 6.92 Å². The number of hydrogen-bond acceptors (Lipinski definition) is 5. The van der Waals surface area contributed by atoms with Gasteiger partial charge in [-0.2, -0.15) is 5.10 Å². The fraction of sp³-hybridized carbons (Fsp3) is 0.0870. The van der Waals surface area contributed by atoms with Crippen LogP contribution in [0.3, 0.4) is 0 Å². The zero-order valence-electron chi connectivity index (χ0n) is 17.1. The Balaban J connectivity index is 1.54. The summed E-state index contributed by atoms with van der Waals surface area (Å²) in [5.74, 6) is -0.0479. The quantitative estimate of drug-likeness (QED) is 0.303. The SMILES string of the molecule is CCOc1cc(C=NNC(=O)c2ccc(NC(=O)Nc3cccc(Cl)c3)cc2)ccc1O. The number of amides is 3. The first-order chi connectivity index (χ1) is 15.4. The molecule has 0 aliphatic carbocycles. The molecular weight excluding hydrogens is 432 g/mol. The van der Waals surface area contributed by atoms with Crippen molar-refractivity contribution >= 4 is 41.1 Å². The van der Waals surface area contributed by atoms with E-state index in [0.717, 1.165) is 0 Å². The minimum absolute atomic E-state index is 0.0305. The number of phenolic OH excluding ortho intramolecular Hbond substituents is 1. The Bertz CT molecular complexity index is 1130. The van der Waals surface area contributed by atoms with Crippen molar-refractivity contribution in [2.24, 2.45) is 5.10 Å². The van der Waals surface area contributed by atoms with E-state index >= 15 is 0 Å². The third-order valence-corrected chi connectivity index (χ3v) is 4.39. The van der Waals surface area contributed by atoms with E-state index in [1.54, 1.807) is 60.7 Å². The molecule has 0 aliphatic heterocycles. The van der Waals surface area contributed by atoms with Gasteiger partial charge in [-0.05, 0) is 73.2 Å². The van der Waals surface area contributed by atoms with E-state index in [0.29, 0.717) is 39.9 Å². The Morgan fingerprint density at radius 3 is 2.50 bits per heavy atom. The van der Waals surface area contributed by atoms with Crippen LogP contribution in [-0.4, -0.2) is 29.9 Å². The normalized spacial score (nSPS) is 10.6. The number of hydrazone groups is 1. The fourth-order valence-corrected chi connectivity index (χ4v) is 2.87. The van der Waals surface area contributed by atoms with Crippen molar-refractivity contribution in [3.8, 4) is 11.5 Å². The van der Waals surface area contributed by atoms with E-state index in [-0.39, 0.29) is 5.75 Å². The van der Waals surface area contributed by atoms with Gasteiger partial charge in [0.1, 0.15) is 0 Å². The standard InChI is InChI=1S/C23H21ClN4O4/c1-2-32-21-12-15(6-11-20(21)29)14-25-28-22(30)16-7-9-18(10-8-16)26-23(31)27-19-5-3-4-17(24)13-19/h3-14,29H,2H2,1H3,(H,28,30)(H2,26,27,31). The number of benzene rings is 3. The number of halogens is 1. The van der Waals surface area contributed by atoms with Crippen LogP contribution in [0.1, 0.15) is 22.8 Å². The van der Waals surface area contributed by atoms with Crippen molar-refractivity contribution in [1.82, 2.24) is 5.43 Å². The van der Waals surface area contributed by atoms with E-state index in [4.69, 9.17) is 16.3 Å². The molecule has 0 unspecified atom stereocenters. The molecule has 0 bridgehead atoms. The van der Waals surface area contributed by atoms with Gasteiger partial charge in [-0.3, -0.25) is 4.79 Å². The van der Waals surface area contributed by atoms with Crippen LogP contribution in [0.15, 0.2) is 71.8 Å². The monoisotopic (exact) mass is 452 g/mol. The molecule has 0 atom stereocenters. The zero-order chi connectivity index (χ0) is 22.9. The Kier molecular flexibility index (Phi) is 7.66. The number of nitrogens with zero attached hydrogens (tertiary/aromatic N) is 1. The van der Waals surface area contributed by atoms with Gasteiger partial charge in [0.05, 0.1) is 12.8 Å². The minimum atomic E-state index is -0.436. The molecule has 0 aromatic heterocycles. The smallest absolute Gasteiger partial charge is 0.323 e. The fourth-order valence-electron chi connectivity index (χ4n) is 2.68. The molecule has 0 heterocycles. The lowest BCUT2D eigenvalue weighted by Crippen LogP contribution is -2.20. The highest BCUT2D eigenvalue weighted by atomic mass is 35.5. The number of urea groups is 1. The molecule has 8 nitrogen and oxygen atoms in total. The van der Waals surface area contributed by atoms with Crippen LogP contribution in [0.4, 0.5) is 16.2 Å². The molecule has 0 radical (unpaired) electrons. The van der Waals surface area contributed by atoms with E-state index in [2.05, 4.69) is 21.2 Å². The molecule has 3 aromatic rings. The maximum Gasteiger partial charge on any atom is 0.323 e. The number of phenols is 1. The molecule has 0 spiro atoms. The second kappa shape index (κ2) is 10.8. The lowest BCUT2D eigenvalue weighted by atomic mass is 10.2. The third-order valence-electron chi connectivity index (χ3n) is 4.15. The van der Waals surface area contributed by atoms with Crippen LogP contribution < -0.4 is 20.8 Å². The average molecular weight is 453 g/mol. The van der Waals surface area contributed by atoms with Crippen molar-refractivity contribution in [3.63, 3.8) is 0 Å². The van der Waals surface area contributed by atoms with Crippen molar-refractivity contribution in [2.45, 2.75) is 6.92 Å². The van der Waals surface area contributed by atoms with Crippen LogP contribution in [0.2, 0.25) is 5.02 Å². The van der Waals surface area contributed by atoms with Gasteiger partial charge in [0, 0.05) is 22.0 Å².